The average molecular weight is 630 g/mol. The number of aromatic carboxylic acids is 1. The third-order valence-corrected chi connectivity index (χ3v) is 9.46. The van der Waals surface area contributed by atoms with Crippen molar-refractivity contribution >= 4 is 57.8 Å². The van der Waals surface area contributed by atoms with E-state index in [1.165, 1.54) is 19.3 Å². The number of hydrogen-bond acceptors (Lipinski definition) is 6. The van der Waals surface area contributed by atoms with Crippen molar-refractivity contribution in [3.8, 4) is 0 Å². The first-order chi connectivity index (χ1) is 21.6. The lowest BCUT2D eigenvalue weighted by Gasteiger charge is -2.14. The van der Waals surface area contributed by atoms with Crippen LogP contribution in [0, 0.1) is 6.92 Å². The molecule has 5 heterocycles. The molecule has 0 saturated carbocycles. The molecule has 5 rings (SSSR count). The number of nitrogens with one attached hydrogen (secondary N) is 3. The van der Waals surface area contributed by atoms with Crippen LogP contribution in [0.1, 0.15) is 115 Å². The van der Waals surface area contributed by atoms with Crippen molar-refractivity contribution in [3.63, 3.8) is 0 Å². The van der Waals surface area contributed by atoms with Gasteiger partial charge < -0.3 is 25.5 Å². The number of aromatic nitrogens is 4. The zero-order valence-corrected chi connectivity index (χ0v) is 27.4. The Kier molecular flexibility index (Phi) is 10.1. The highest BCUT2D eigenvalue weighted by Crippen LogP contribution is 2.41. The Balaban J connectivity index is 1.75. The standard InChI is InChI=1S/C35H43N5O4S/c1-5-6-7-8-11-36-17-25-20(3)28-14-27-19(2)23(9-10-34(41)42)31(39-27)16-32-24(35(43)44)12-22(37-32)13-30-26(18-45)21(4)29(38-30)15-33(25)40-28/h12-16,19,23,36-38,45H,5-11,17-18H2,1-4H3,(H,41,42)(H,43,44)/t19-,23-/m0/s1. The molecule has 0 saturated heterocycles. The number of carboxylic acid groups (broad SMARTS) is 2. The maximum Gasteiger partial charge on any atom is 0.337 e. The third kappa shape index (κ3) is 7.02. The predicted molar refractivity (Wildman–Crippen MR) is 183 cm³/mol. The normalized spacial score (nSPS) is 16.4. The lowest BCUT2D eigenvalue weighted by molar-refractivity contribution is -0.137. The average Bonchev–Trinajstić information content (AvgIpc) is 3.69. The number of H-pyrrole nitrogens is 2. The molecule has 5 N–H and O–H groups in total. The molecule has 0 fully saturated rings. The van der Waals surface area contributed by atoms with Gasteiger partial charge in [-0.25, -0.2) is 9.78 Å². The minimum atomic E-state index is -1.05. The highest BCUT2D eigenvalue weighted by atomic mass is 32.1. The first kappa shape index (κ1) is 32.5. The Hall–Kier alpha value is -3.89. The highest BCUT2D eigenvalue weighted by molar-refractivity contribution is 7.79. The molecule has 2 atom stereocenters. The van der Waals surface area contributed by atoms with Crippen LogP contribution in [-0.4, -0.2) is 55.2 Å². The Morgan fingerprint density at radius 3 is 2.44 bits per heavy atom. The van der Waals surface area contributed by atoms with Crippen LogP contribution in [0.5, 0.6) is 0 Å². The summed E-state index contributed by atoms with van der Waals surface area (Å²) < 4.78 is 0. The van der Waals surface area contributed by atoms with Crippen LogP contribution in [0.15, 0.2) is 30.3 Å². The first-order valence-corrected chi connectivity index (χ1v) is 16.5. The van der Waals surface area contributed by atoms with E-state index in [-0.39, 0.29) is 23.8 Å². The number of allylic oxidation sites excluding steroid dienone is 1. The van der Waals surface area contributed by atoms with Gasteiger partial charge in [0, 0.05) is 58.5 Å². The number of unbranched alkanes of at least 4 members (excludes halogenated alkanes) is 3. The molecular formula is C35H43N5O4S. The smallest absolute Gasteiger partial charge is 0.337 e. The van der Waals surface area contributed by atoms with Crippen LogP contribution < -0.4 is 5.32 Å². The molecule has 2 aliphatic heterocycles. The van der Waals surface area contributed by atoms with E-state index in [0.29, 0.717) is 35.4 Å². The quantitative estimate of drug-likeness (QED) is 0.0894. The van der Waals surface area contributed by atoms with Crippen LogP contribution in [0.3, 0.4) is 0 Å². The number of aliphatic carboxylic acids is 1. The predicted octanol–water partition coefficient (Wildman–Crippen LogP) is 7.60. The summed E-state index contributed by atoms with van der Waals surface area (Å²) in [5.41, 5.74) is 10.4. The lowest BCUT2D eigenvalue weighted by Crippen LogP contribution is -2.18. The highest BCUT2D eigenvalue weighted by Gasteiger charge is 2.30. The molecular weight excluding hydrogens is 586 g/mol. The topological polar surface area (TPSA) is 144 Å². The van der Waals surface area contributed by atoms with Gasteiger partial charge in [0.15, 0.2) is 0 Å². The summed E-state index contributed by atoms with van der Waals surface area (Å²) in [6.07, 6.45) is 5.16. The number of nitrogens with zero attached hydrogens (tertiary/aromatic N) is 2. The van der Waals surface area contributed by atoms with Gasteiger partial charge in [0.25, 0.3) is 0 Å². The first-order valence-electron chi connectivity index (χ1n) is 15.8. The molecule has 0 aromatic carbocycles. The molecule has 8 bridgehead atoms. The molecule has 2 aliphatic rings. The van der Waals surface area contributed by atoms with Gasteiger partial charge in [-0.05, 0) is 85.8 Å². The minimum Gasteiger partial charge on any atom is -0.481 e. The van der Waals surface area contributed by atoms with Gasteiger partial charge in [0.2, 0.25) is 0 Å². The summed E-state index contributed by atoms with van der Waals surface area (Å²) in [4.78, 5) is 40.7. The third-order valence-electron chi connectivity index (χ3n) is 9.14. The van der Waals surface area contributed by atoms with Crippen molar-refractivity contribution in [3.05, 3.63) is 69.8 Å². The van der Waals surface area contributed by atoms with E-state index in [1.54, 1.807) is 12.1 Å². The van der Waals surface area contributed by atoms with Crippen molar-refractivity contribution < 1.29 is 19.8 Å². The van der Waals surface area contributed by atoms with E-state index in [0.717, 1.165) is 63.4 Å². The van der Waals surface area contributed by atoms with E-state index < -0.39 is 11.9 Å². The summed E-state index contributed by atoms with van der Waals surface area (Å²) in [6, 6.07) is 9.40. The number of carbonyl (C=O) groups is 2. The largest absolute Gasteiger partial charge is 0.481 e. The number of hydrogen-bond donors (Lipinski definition) is 6. The molecule has 3 aromatic heterocycles. The molecule has 0 amide bonds. The van der Waals surface area contributed by atoms with Crippen LogP contribution in [0.2, 0.25) is 0 Å². The van der Waals surface area contributed by atoms with Crippen LogP contribution >= 0.6 is 12.6 Å². The summed E-state index contributed by atoms with van der Waals surface area (Å²) >= 11 is 4.62. The molecule has 0 unspecified atom stereocenters. The zero-order chi connectivity index (χ0) is 32.2. The van der Waals surface area contributed by atoms with E-state index in [2.05, 4.69) is 61.7 Å². The number of rotatable bonds is 12. The van der Waals surface area contributed by atoms with Crippen molar-refractivity contribution in [2.75, 3.05) is 13.1 Å². The second-order valence-electron chi connectivity index (χ2n) is 12.2. The summed E-state index contributed by atoms with van der Waals surface area (Å²) in [6.45, 7) is 10.1. The fraction of sp³-hybridized carbons (Fsp3) is 0.429. The Morgan fingerprint density at radius 2 is 1.73 bits per heavy atom. The Labute approximate surface area is 269 Å². The van der Waals surface area contributed by atoms with Crippen LogP contribution in [-0.2, 0) is 10.5 Å². The second-order valence-corrected chi connectivity index (χ2v) is 12.5. The van der Waals surface area contributed by atoms with Gasteiger partial charge in [0.1, 0.15) is 0 Å². The maximum absolute atomic E-state index is 12.3. The fourth-order valence-electron chi connectivity index (χ4n) is 6.37. The second kappa shape index (κ2) is 14.0. The molecule has 238 valence electrons. The zero-order valence-electron chi connectivity index (χ0n) is 26.5. The summed E-state index contributed by atoms with van der Waals surface area (Å²) in [5.74, 6) is -1.68. The van der Waals surface area contributed by atoms with Gasteiger partial charge >= 0.3 is 11.9 Å². The molecule has 10 heteroatoms. The Morgan fingerprint density at radius 1 is 0.933 bits per heavy atom. The van der Waals surface area contributed by atoms with Gasteiger partial charge in [0.05, 0.1) is 22.5 Å². The van der Waals surface area contributed by atoms with Crippen molar-refractivity contribution in [1.29, 1.82) is 0 Å². The number of aryl methyl sites for hydroxylation is 1. The Bertz CT molecular complexity index is 1800. The van der Waals surface area contributed by atoms with E-state index in [9.17, 15) is 19.8 Å². The van der Waals surface area contributed by atoms with Gasteiger partial charge in [-0.1, -0.05) is 33.1 Å². The van der Waals surface area contributed by atoms with Gasteiger partial charge in [-0.15, -0.1) is 0 Å². The number of aromatic amines is 2. The van der Waals surface area contributed by atoms with Crippen molar-refractivity contribution in [2.45, 2.75) is 83.8 Å². The van der Waals surface area contributed by atoms with E-state index >= 15 is 0 Å². The van der Waals surface area contributed by atoms with Gasteiger partial charge in [-0.2, -0.15) is 12.6 Å². The molecule has 0 radical (unpaired) electrons. The molecule has 9 nitrogen and oxygen atoms in total. The summed E-state index contributed by atoms with van der Waals surface area (Å²) in [7, 11) is 0. The summed E-state index contributed by atoms with van der Waals surface area (Å²) in [5, 5.41) is 23.2. The maximum atomic E-state index is 12.3. The monoisotopic (exact) mass is 629 g/mol. The van der Waals surface area contributed by atoms with E-state index in [4.69, 9.17) is 9.97 Å². The molecule has 3 aromatic rings. The minimum absolute atomic E-state index is 0.00762. The van der Waals surface area contributed by atoms with Crippen molar-refractivity contribution in [2.24, 2.45) is 0 Å². The van der Waals surface area contributed by atoms with Crippen LogP contribution in [0.4, 0.5) is 0 Å². The lowest BCUT2D eigenvalue weighted by atomic mass is 9.87. The molecule has 45 heavy (non-hydrogen) atoms. The van der Waals surface area contributed by atoms with Crippen LogP contribution in [0.25, 0.3) is 33.2 Å². The van der Waals surface area contributed by atoms with E-state index in [1.807, 2.05) is 12.1 Å². The van der Waals surface area contributed by atoms with Crippen molar-refractivity contribution in [1.82, 2.24) is 25.3 Å². The fourth-order valence-corrected chi connectivity index (χ4v) is 6.78. The molecule has 0 spiro atoms. The van der Waals surface area contributed by atoms with Gasteiger partial charge in [-0.3, -0.25) is 9.78 Å². The number of fused-ring (bicyclic) bond motifs is 8. The number of carboxylic acids is 2. The molecule has 0 aliphatic carbocycles. The number of thiol groups is 1. The SMILES string of the molecule is CCCCCCNCC1=C(C)c2cc3nc(cc4[nH]c(cc4C(=O)O)cc4[nH]c(cc1n2)c(C)c4CS)[C@@H](CCC(=O)O)[C@@H]3C.